The minimum absolute atomic E-state index is 0.0588. The zero-order valence-corrected chi connectivity index (χ0v) is 24.5. The van der Waals surface area contributed by atoms with Crippen molar-refractivity contribution in [3.63, 3.8) is 0 Å². The van der Waals surface area contributed by atoms with Crippen LogP contribution in [-0.4, -0.2) is 43.8 Å². The van der Waals surface area contributed by atoms with E-state index < -0.39 is 28.5 Å². The molecule has 0 radical (unpaired) electrons. The van der Waals surface area contributed by atoms with Crippen molar-refractivity contribution in [1.29, 1.82) is 0 Å². The number of anilines is 1. The third-order valence-electron chi connectivity index (χ3n) is 6.43. The van der Waals surface area contributed by atoms with Gasteiger partial charge in [0.2, 0.25) is 11.8 Å². The Hall–Kier alpha value is -3.17. The molecule has 3 rings (SSSR count). The predicted octanol–water partition coefficient (Wildman–Crippen LogP) is 5.28. The summed E-state index contributed by atoms with van der Waals surface area (Å²) in [6.07, 6.45) is 0.746. The van der Waals surface area contributed by atoms with E-state index in [9.17, 15) is 18.0 Å². The van der Waals surface area contributed by atoms with Gasteiger partial charge in [0.15, 0.2) is 0 Å². The molecule has 0 saturated heterocycles. The van der Waals surface area contributed by atoms with E-state index in [1.165, 1.54) is 17.0 Å². The van der Waals surface area contributed by atoms with Crippen LogP contribution in [0.5, 0.6) is 0 Å². The number of carbonyl (C=O) groups excluding carboxylic acids is 2. The minimum atomic E-state index is -4.07. The summed E-state index contributed by atoms with van der Waals surface area (Å²) in [5, 5.41) is 2.94. The molecule has 7 nitrogen and oxygen atoms in total. The van der Waals surface area contributed by atoms with E-state index >= 15 is 0 Å². The van der Waals surface area contributed by atoms with Crippen molar-refractivity contribution in [3.8, 4) is 0 Å². The maximum absolute atomic E-state index is 13.9. The lowest BCUT2D eigenvalue weighted by atomic mass is 10.1. The second kappa shape index (κ2) is 13.1. The van der Waals surface area contributed by atoms with Gasteiger partial charge in [-0.3, -0.25) is 13.9 Å². The number of nitrogens with one attached hydrogen (secondary N) is 1. The minimum Gasteiger partial charge on any atom is -0.352 e. The topological polar surface area (TPSA) is 86.8 Å². The van der Waals surface area contributed by atoms with Crippen LogP contribution in [0.2, 0.25) is 0 Å². The fourth-order valence-corrected chi connectivity index (χ4v) is 5.68. The molecule has 3 aromatic rings. The second-order valence-corrected chi connectivity index (χ2v) is 12.0. The summed E-state index contributed by atoms with van der Waals surface area (Å²) < 4.78 is 29.6. The van der Waals surface area contributed by atoms with Crippen molar-refractivity contribution < 1.29 is 18.0 Å². The SMILES string of the molecule is CC[C@H](C)NC(=O)[C@H](C)N(Cc1ccc(Br)cc1)C(=O)CN(c1ccccc1C)S(=O)(=O)c1ccccc1. The molecular weight excluding hydrogens is 566 g/mol. The van der Waals surface area contributed by atoms with Gasteiger partial charge in [-0.2, -0.15) is 0 Å². The first-order chi connectivity index (χ1) is 18.0. The summed E-state index contributed by atoms with van der Waals surface area (Å²) in [5.41, 5.74) is 1.94. The Morgan fingerprint density at radius 3 is 2.13 bits per heavy atom. The molecule has 0 aliphatic rings. The maximum atomic E-state index is 13.9. The summed E-state index contributed by atoms with van der Waals surface area (Å²) in [6.45, 7) is 7.02. The second-order valence-electron chi connectivity index (χ2n) is 9.25. The summed E-state index contributed by atoms with van der Waals surface area (Å²) in [6, 6.07) is 21.6. The van der Waals surface area contributed by atoms with Crippen LogP contribution in [0.3, 0.4) is 0 Å². The Bertz CT molecular complexity index is 1350. The van der Waals surface area contributed by atoms with Crippen LogP contribution in [0.1, 0.15) is 38.3 Å². The van der Waals surface area contributed by atoms with Crippen LogP contribution in [0.15, 0.2) is 88.2 Å². The lowest BCUT2D eigenvalue weighted by Crippen LogP contribution is -2.52. The molecule has 2 amide bonds. The third-order valence-corrected chi connectivity index (χ3v) is 8.73. The van der Waals surface area contributed by atoms with Gasteiger partial charge in [0.05, 0.1) is 10.6 Å². The normalized spacial score (nSPS) is 12.9. The van der Waals surface area contributed by atoms with E-state index in [1.807, 2.05) is 44.2 Å². The van der Waals surface area contributed by atoms with E-state index in [2.05, 4.69) is 21.2 Å². The van der Waals surface area contributed by atoms with Crippen molar-refractivity contribution in [2.24, 2.45) is 0 Å². The summed E-state index contributed by atoms with van der Waals surface area (Å²) in [7, 11) is -4.07. The predicted molar refractivity (Wildman–Crippen MR) is 154 cm³/mol. The molecule has 0 bridgehead atoms. The number of amides is 2. The van der Waals surface area contributed by atoms with Gasteiger partial charge in [-0.15, -0.1) is 0 Å². The number of benzene rings is 3. The molecule has 0 fully saturated rings. The molecule has 1 N–H and O–H groups in total. The Balaban J connectivity index is 2.02. The quantitative estimate of drug-likeness (QED) is 0.324. The van der Waals surface area contributed by atoms with Crippen LogP contribution in [0.4, 0.5) is 5.69 Å². The van der Waals surface area contributed by atoms with Gasteiger partial charge >= 0.3 is 0 Å². The molecule has 0 aromatic heterocycles. The maximum Gasteiger partial charge on any atom is 0.264 e. The zero-order chi connectivity index (χ0) is 27.9. The number of carbonyl (C=O) groups is 2. The van der Waals surface area contributed by atoms with Crippen LogP contribution in [0.25, 0.3) is 0 Å². The summed E-state index contributed by atoms with van der Waals surface area (Å²) in [5.74, 6) is -0.777. The molecule has 9 heteroatoms. The number of rotatable bonds is 11. The fourth-order valence-electron chi connectivity index (χ4n) is 3.91. The van der Waals surface area contributed by atoms with Crippen LogP contribution < -0.4 is 9.62 Å². The highest BCUT2D eigenvalue weighted by Crippen LogP contribution is 2.27. The summed E-state index contributed by atoms with van der Waals surface area (Å²) >= 11 is 3.42. The van der Waals surface area contributed by atoms with Crippen molar-refractivity contribution in [3.05, 3.63) is 94.5 Å². The van der Waals surface area contributed by atoms with Crippen LogP contribution in [-0.2, 0) is 26.2 Å². The molecule has 0 aliphatic carbocycles. The van der Waals surface area contributed by atoms with Gasteiger partial charge in [0.1, 0.15) is 12.6 Å². The molecule has 0 spiro atoms. The van der Waals surface area contributed by atoms with E-state index in [0.717, 1.165) is 20.8 Å². The molecular formula is C29H34BrN3O4S. The molecule has 202 valence electrons. The first-order valence-corrected chi connectivity index (χ1v) is 14.8. The molecule has 2 atom stereocenters. The van der Waals surface area contributed by atoms with E-state index in [4.69, 9.17) is 0 Å². The van der Waals surface area contributed by atoms with E-state index in [-0.39, 0.29) is 23.4 Å². The number of hydrogen-bond donors (Lipinski definition) is 1. The first kappa shape index (κ1) is 29.4. The lowest BCUT2D eigenvalue weighted by Gasteiger charge is -2.33. The number of hydrogen-bond acceptors (Lipinski definition) is 4. The third kappa shape index (κ3) is 7.23. The highest BCUT2D eigenvalue weighted by atomic mass is 79.9. The number of aryl methyl sites for hydroxylation is 1. The first-order valence-electron chi connectivity index (χ1n) is 12.5. The molecule has 0 heterocycles. The average Bonchev–Trinajstić information content (AvgIpc) is 2.91. The van der Waals surface area contributed by atoms with E-state index in [1.54, 1.807) is 50.2 Å². The van der Waals surface area contributed by atoms with Crippen molar-refractivity contribution >= 4 is 43.5 Å². The molecule has 0 unspecified atom stereocenters. The van der Waals surface area contributed by atoms with Gasteiger partial charge in [-0.25, -0.2) is 8.42 Å². The number of halogens is 1. The Morgan fingerprint density at radius 2 is 1.53 bits per heavy atom. The molecule has 38 heavy (non-hydrogen) atoms. The highest BCUT2D eigenvalue weighted by Gasteiger charge is 2.33. The monoisotopic (exact) mass is 599 g/mol. The highest BCUT2D eigenvalue weighted by molar-refractivity contribution is 9.10. The lowest BCUT2D eigenvalue weighted by molar-refractivity contribution is -0.139. The molecule has 3 aromatic carbocycles. The molecule has 0 aliphatic heterocycles. The smallest absolute Gasteiger partial charge is 0.264 e. The Morgan fingerprint density at radius 1 is 0.921 bits per heavy atom. The van der Waals surface area contributed by atoms with Crippen molar-refractivity contribution in [1.82, 2.24) is 10.2 Å². The molecule has 0 saturated carbocycles. The average molecular weight is 601 g/mol. The van der Waals surface area contributed by atoms with Gasteiger partial charge in [-0.1, -0.05) is 71.4 Å². The standard InChI is InChI=1S/C29H34BrN3O4S/c1-5-22(3)31-29(35)23(4)32(19-24-15-17-25(30)18-16-24)28(34)20-33(27-14-10-9-11-21(27)2)38(36,37)26-12-7-6-8-13-26/h6-18,22-23H,5,19-20H2,1-4H3,(H,31,35)/t22-,23-/m0/s1. The fraction of sp³-hybridized carbons (Fsp3) is 0.310. The van der Waals surface area contributed by atoms with Gasteiger partial charge < -0.3 is 10.2 Å². The number of para-hydroxylation sites is 1. The number of sulfonamides is 1. The van der Waals surface area contributed by atoms with Crippen molar-refractivity contribution in [2.75, 3.05) is 10.8 Å². The Labute approximate surface area is 234 Å². The summed E-state index contributed by atoms with van der Waals surface area (Å²) in [4.78, 5) is 28.5. The van der Waals surface area contributed by atoms with Crippen LogP contribution in [0, 0.1) is 6.92 Å². The van der Waals surface area contributed by atoms with Crippen LogP contribution >= 0.6 is 15.9 Å². The van der Waals surface area contributed by atoms with Gasteiger partial charge in [-0.05, 0) is 68.7 Å². The zero-order valence-electron chi connectivity index (χ0n) is 22.1. The van der Waals surface area contributed by atoms with E-state index in [0.29, 0.717) is 11.3 Å². The Kier molecular flexibility index (Phi) is 10.1. The van der Waals surface area contributed by atoms with Crippen molar-refractivity contribution in [2.45, 2.75) is 57.6 Å². The number of nitrogens with zero attached hydrogens (tertiary/aromatic N) is 2. The van der Waals surface area contributed by atoms with Gasteiger partial charge in [0.25, 0.3) is 10.0 Å². The largest absolute Gasteiger partial charge is 0.352 e. The van der Waals surface area contributed by atoms with Gasteiger partial charge in [0, 0.05) is 17.1 Å².